The molecule has 0 aromatic heterocycles. The summed E-state index contributed by atoms with van der Waals surface area (Å²) in [5, 5.41) is 2.39. The molecular weight excluding hydrogens is 188 g/mol. The Labute approximate surface area is 80.7 Å². The lowest BCUT2D eigenvalue weighted by Gasteiger charge is -2.10. The predicted molar refractivity (Wildman–Crippen MR) is 52.7 cm³/mol. The predicted octanol–water partition coefficient (Wildman–Crippen LogP) is -0.639. The first kappa shape index (κ1) is 10.7. The summed E-state index contributed by atoms with van der Waals surface area (Å²) in [6, 6.07) is 0.338. The molecule has 5 heteroatoms. The quantitative estimate of drug-likeness (QED) is 0.626. The zero-order chi connectivity index (χ0) is 9.84. The highest BCUT2D eigenvalue weighted by atomic mass is 32.2. The minimum atomic E-state index is -1.12. The molecule has 13 heavy (non-hydrogen) atoms. The number of rotatable bonds is 5. The normalized spacial score (nSPS) is 20.8. The van der Waals surface area contributed by atoms with Crippen LogP contribution >= 0.6 is 0 Å². The molecule has 0 saturated heterocycles. The molecule has 0 heterocycles. The molecule has 0 aromatic rings. The lowest BCUT2D eigenvalue weighted by Crippen LogP contribution is -2.38. The van der Waals surface area contributed by atoms with E-state index in [2.05, 4.69) is 5.32 Å². The number of nitrogens with two attached hydrogens (primary N) is 1. The van der Waals surface area contributed by atoms with Gasteiger partial charge < -0.3 is 11.1 Å². The third-order valence-electron chi connectivity index (χ3n) is 2.01. The van der Waals surface area contributed by atoms with Crippen LogP contribution in [0, 0.1) is 0 Å². The van der Waals surface area contributed by atoms with Crippen LogP contribution in [0.3, 0.4) is 0 Å². The van der Waals surface area contributed by atoms with E-state index in [0.717, 1.165) is 12.8 Å². The maximum atomic E-state index is 11.4. The largest absolute Gasteiger partial charge is 0.352 e. The van der Waals surface area contributed by atoms with Gasteiger partial charge >= 0.3 is 0 Å². The van der Waals surface area contributed by atoms with Crippen molar-refractivity contribution in [2.45, 2.75) is 31.1 Å². The van der Waals surface area contributed by atoms with Crippen molar-refractivity contribution in [3.8, 4) is 0 Å². The van der Waals surface area contributed by atoms with Gasteiger partial charge in [0.1, 0.15) is 5.25 Å². The van der Waals surface area contributed by atoms with Crippen molar-refractivity contribution in [3.05, 3.63) is 0 Å². The molecule has 2 unspecified atom stereocenters. The molecule has 1 aliphatic carbocycles. The van der Waals surface area contributed by atoms with E-state index in [0.29, 0.717) is 18.3 Å². The number of hydrogen-bond donors (Lipinski definition) is 2. The van der Waals surface area contributed by atoms with Crippen LogP contribution in [0.5, 0.6) is 0 Å². The van der Waals surface area contributed by atoms with Crippen molar-refractivity contribution in [2.75, 3.05) is 12.3 Å². The summed E-state index contributed by atoms with van der Waals surface area (Å²) in [6.07, 6.45) is 2.12. The Morgan fingerprint density at radius 2 is 2.31 bits per heavy atom. The fraction of sp³-hybridized carbons (Fsp3) is 0.875. The molecule has 1 rings (SSSR count). The van der Waals surface area contributed by atoms with Crippen LogP contribution in [0.4, 0.5) is 0 Å². The topological polar surface area (TPSA) is 72.2 Å². The second-order valence-electron chi connectivity index (χ2n) is 3.30. The Balaban J connectivity index is 2.30. The van der Waals surface area contributed by atoms with E-state index in [9.17, 15) is 9.00 Å². The average molecular weight is 204 g/mol. The smallest absolute Gasteiger partial charge is 0.235 e. The maximum absolute atomic E-state index is 11.4. The van der Waals surface area contributed by atoms with Crippen LogP contribution in [0.25, 0.3) is 0 Å². The van der Waals surface area contributed by atoms with Crippen molar-refractivity contribution in [3.63, 3.8) is 0 Å². The minimum Gasteiger partial charge on any atom is -0.352 e. The van der Waals surface area contributed by atoms with Crippen LogP contribution < -0.4 is 11.1 Å². The second kappa shape index (κ2) is 4.72. The summed E-state index contributed by atoms with van der Waals surface area (Å²) < 4.78 is 11.4. The monoisotopic (exact) mass is 204 g/mol. The minimum absolute atomic E-state index is 0.103. The zero-order valence-electron chi connectivity index (χ0n) is 7.79. The first-order valence-electron chi connectivity index (χ1n) is 4.52. The molecule has 3 N–H and O–H groups in total. The van der Waals surface area contributed by atoms with Gasteiger partial charge in [-0.15, -0.1) is 0 Å². The van der Waals surface area contributed by atoms with Gasteiger partial charge in [-0.2, -0.15) is 0 Å². The van der Waals surface area contributed by atoms with Crippen LogP contribution in [0.2, 0.25) is 0 Å². The van der Waals surface area contributed by atoms with Crippen LogP contribution in [0.15, 0.2) is 0 Å². The van der Waals surface area contributed by atoms with E-state index >= 15 is 0 Å². The molecule has 0 aromatic carbocycles. The SMILES string of the molecule is CC(C(=O)NC1CC1)S(=O)CCN. The van der Waals surface area contributed by atoms with Gasteiger partial charge in [0.15, 0.2) is 0 Å². The molecule has 1 fully saturated rings. The molecule has 0 bridgehead atoms. The highest BCUT2D eigenvalue weighted by Crippen LogP contribution is 2.18. The van der Waals surface area contributed by atoms with Crippen molar-refractivity contribution in [2.24, 2.45) is 5.73 Å². The number of amides is 1. The number of carbonyl (C=O) groups is 1. The van der Waals surface area contributed by atoms with Crippen LogP contribution in [-0.2, 0) is 15.6 Å². The number of hydrogen-bond acceptors (Lipinski definition) is 3. The molecule has 0 spiro atoms. The van der Waals surface area contributed by atoms with E-state index in [4.69, 9.17) is 5.73 Å². The number of nitrogens with one attached hydrogen (secondary N) is 1. The summed E-state index contributed by atoms with van der Waals surface area (Å²) in [4.78, 5) is 11.4. The first-order chi connectivity index (χ1) is 6.15. The van der Waals surface area contributed by atoms with Gasteiger partial charge in [0.2, 0.25) is 5.91 Å². The highest BCUT2D eigenvalue weighted by Gasteiger charge is 2.27. The van der Waals surface area contributed by atoms with Crippen molar-refractivity contribution < 1.29 is 9.00 Å². The Kier molecular flexibility index (Phi) is 3.87. The van der Waals surface area contributed by atoms with Crippen LogP contribution in [0.1, 0.15) is 19.8 Å². The number of carbonyl (C=O) groups excluding carboxylic acids is 1. The van der Waals surface area contributed by atoms with E-state index in [1.54, 1.807) is 6.92 Å². The highest BCUT2D eigenvalue weighted by molar-refractivity contribution is 7.86. The first-order valence-corrected chi connectivity index (χ1v) is 5.91. The fourth-order valence-electron chi connectivity index (χ4n) is 0.959. The standard InChI is InChI=1S/C8H16N2O2S/c1-6(13(12)5-4-9)8(11)10-7-2-3-7/h6-7H,2-5,9H2,1H3,(H,10,11). The Hall–Kier alpha value is -0.420. The van der Waals surface area contributed by atoms with Crippen molar-refractivity contribution in [1.29, 1.82) is 0 Å². The molecule has 0 radical (unpaired) electrons. The van der Waals surface area contributed by atoms with Gasteiger partial charge in [0.05, 0.1) is 0 Å². The average Bonchev–Trinajstić information content (AvgIpc) is 2.87. The zero-order valence-corrected chi connectivity index (χ0v) is 8.60. The summed E-state index contributed by atoms with van der Waals surface area (Å²) >= 11 is 0. The lowest BCUT2D eigenvalue weighted by atomic mass is 10.4. The van der Waals surface area contributed by atoms with Gasteiger partial charge in [-0.25, -0.2) is 0 Å². The third-order valence-corrected chi connectivity index (χ3v) is 3.65. The Bertz CT molecular complexity index is 216. The maximum Gasteiger partial charge on any atom is 0.235 e. The van der Waals surface area contributed by atoms with Crippen LogP contribution in [-0.4, -0.2) is 33.7 Å². The van der Waals surface area contributed by atoms with Crippen molar-refractivity contribution in [1.82, 2.24) is 5.32 Å². The fourth-order valence-corrected chi connectivity index (χ4v) is 1.85. The van der Waals surface area contributed by atoms with Gasteiger partial charge in [-0.3, -0.25) is 9.00 Å². The van der Waals surface area contributed by atoms with Gasteiger partial charge in [0, 0.05) is 29.1 Å². The van der Waals surface area contributed by atoms with Crippen molar-refractivity contribution >= 4 is 16.7 Å². The molecule has 1 amide bonds. The van der Waals surface area contributed by atoms with E-state index in [1.807, 2.05) is 0 Å². The Morgan fingerprint density at radius 1 is 1.69 bits per heavy atom. The molecule has 4 nitrogen and oxygen atoms in total. The van der Waals surface area contributed by atoms with Gasteiger partial charge in [-0.05, 0) is 19.8 Å². The third kappa shape index (κ3) is 3.44. The molecule has 1 saturated carbocycles. The lowest BCUT2D eigenvalue weighted by molar-refractivity contribution is -0.120. The summed E-state index contributed by atoms with van der Waals surface area (Å²) in [5.74, 6) is 0.300. The summed E-state index contributed by atoms with van der Waals surface area (Å²) in [6.45, 7) is 2.05. The summed E-state index contributed by atoms with van der Waals surface area (Å²) in [5.41, 5.74) is 5.26. The van der Waals surface area contributed by atoms with Gasteiger partial charge in [-0.1, -0.05) is 0 Å². The van der Waals surface area contributed by atoms with Gasteiger partial charge in [0.25, 0.3) is 0 Å². The molecule has 2 atom stereocenters. The second-order valence-corrected chi connectivity index (χ2v) is 5.18. The molecule has 1 aliphatic rings. The van der Waals surface area contributed by atoms with E-state index in [1.165, 1.54) is 0 Å². The molecule has 0 aliphatic heterocycles. The summed E-state index contributed by atoms with van der Waals surface area (Å²) in [7, 11) is -1.12. The molecular formula is C8H16N2O2S. The van der Waals surface area contributed by atoms with E-state index in [-0.39, 0.29) is 5.91 Å². The molecule has 76 valence electrons. The Morgan fingerprint density at radius 3 is 2.77 bits per heavy atom. The van der Waals surface area contributed by atoms with E-state index < -0.39 is 16.0 Å².